The van der Waals surface area contributed by atoms with Crippen LogP contribution in [0.5, 0.6) is 0 Å². The largest absolute Gasteiger partial charge is 0.481 e. The van der Waals surface area contributed by atoms with Crippen molar-refractivity contribution >= 4 is 11.9 Å². The minimum absolute atomic E-state index is 0.0617. The van der Waals surface area contributed by atoms with Gasteiger partial charge in [0, 0.05) is 24.9 Å². The van der Waals surface area contributed by atoms with Crippen LogP contribution >= 0.6 is 0 Å². The maximum atomic E-state index is 11.9. The zero-order valence-electron chi connectivity index (χ0n) is 10.3. The first kappa shape index (κ1) is 15.7. The molecule has 0 unspecified atom stereocenters. The molecule has 1 aliphatic rings. The van der Waals surface area contributed by atoms with Gasteiger partial charge < -0.3 is 15.7 Å². The van der Waals surface area contributed by atoms with Crippen molar-refractivity contribution in [1.82, 2.24) is 10.6 Å². The average Bonchev–Trinajstić information content (AvgIpc) is 2.19. The van der Waals surface area contributed by atoms with E-state index in [-0.39, 0.29) is 37.3 Å². The van der Waals surface area contributed by atoms with Crippen molar-refractivity contribution in [3.63, 3.8) is 0 Å². The van der Waals surface area contributed by atoms with E-state index in [2.05, 4.69) is 10.6 Å². The van der Waals surface area contributed by atoms with Gasteiger partial charge in [0.15, 0.2) is 0 Å². The second kappa shape index (κ2) is 6.74. The maximum absolute atomic E-state index is 11.9. The van der Waals surface area contributed by atoms with Gasteiger partial charge in [-0.1, -0.05) is 0 Å². The van der Waals surface area contributed by atoms with Gasteiger partial charge in [-0.15, -0.1) is 0 Å². The molecular formula is C11H17F3N2O3. The van der Waals surface area contributed by atoms with Gasteiger partial charge in [-0.3, -0.25) is 9.59 Å². The fourth-order valence-electron chi connectivity index (χ4n) is 1.86. The molecule has 0 aliphatic heterocycles. The third-order valence-electron chi connectivity index (χ3n) is 2.89. The Morgan fingerprint density at radius 1 is 1.16 bits per heavy atom. The van der Waals surface area contributed by atoms with Crippen molar-refractivity contribution in [2.75, 3.05) is 6.54 Å². The molecule has 1 fully saturated rings. The molecule has 0 spiro atoms. The Bertz CT molecular complexity index is 328. The van der Waals surface area contributed by atoms with E-state index in [0.717, 1.165) is 0 Å². The molecule has 1 saturated carbocycles. The van der Waals surface area contributed by atoms with Crippen LogP contribution in [0.25, 0.3) is 0 Å². The van der Waals surface area contributed by atoms with E-state index in [1.165, 1.54) is 0 Å². The fraction of sp³-hybridized carbons (Fsp3) is 0.818. The highest BCUT2D eigenvalue weighted by atomic mass is 19.4. The number of halogens is 3. The summed E-state index contributed by atoms with van der Waals surface area (Å²) in [4.78, 5) is 21.6. The van der Waals surface area contributed by atoms with E-state index in [4.69, 9.17) is 5.11 Å². The first-order valence-corrected chi connectivity index (χ1v) is 6.07. The third-order valence-corrected chi connectivity index (χ3v) is 2.89. The molecular weight excluding hydrogens is 265 g/mol. The maximum Gasteiger partial charge on any atom is 0.401 e. The van der Waals surface area contributed by atoms with Gasteiger partial charge in [-0.2, -0.15) is 13.2 Å². The van der Waals surface area contributed by atoms with E-state index in [0.29, 0.717) is 12.8 Å². The number of aliphatic carboxylic acids is 1. The van der Waals surface area contributed by atoms with Crippen LogP contribution in [0.15, 0.2) is 0 Å². The number of amides is 1. The molecule has 5 nitrogen and oxygen atoms in total. The number of carbonyl (C=O) groups excluding carboxylic acids is 1. The quantitative estimate of drug-likeness (QED) is 0.652. The normalized spacial score (nSPS) is 22.7. The molecule has 0 aromatic carbocycles. The number of hydrogen-bond acceptors (Lipinski definition) is 3. The zero-order valence-corrected chi connectivity index (χ0v) is 10.3. The van der Waals surface area contributed by atoms with Crippen LogP contribution in [0.2, 0.25) is 0 Å². The summed E-state index contributed by atoms with van der Waals surface area (Å²) in [5.41, 5.74) is 0. The summed E-state index contributed by atoms with van der Waals surface area (Å²) in [5, 5.41) is 13.4. The number of carboxylic acid groups (broad SMARTS) is 1. The fourth-order valence-corrected chi connectivity index (χ4v) is 1.86. The van der Waals surface area contributed by atoms with Crippen molar-refractivity contribution in [2.24, 2.45) is 0 Å². The Balaban J connectivity index is 2.05. The van der Waals surface area contributed by atoms with Crippen LogP contribution in [0.1, 0.15) is 32.1 Å². The molecule has 1 aliphatic carbocycles. The lowest BCUT2D eigenvalue weighted by atomic mass is 9.86. The smallest absolute Gasteiger partial charge is 0.401 e. The first-order valence-electron chi connectivity index (χ1n) is 6.07. The van der Waals surface area contributed by atoms with Gasteiger partial charge in [0.25, 0.3) is 0 Å². The van der Waals surface area contributed by atoms with Crippen molar-refractivity contribution < 1.29 is 27.9 Å². The molecule has 110 valence electrons. The van der Waals surface area contributed by atoms with Crippen LogP contribution in [0.3, 0.4) is 0 Å². The zero-order chi connectivity index (χ0) is 14.5. The van der Waals surface area contributed by atoms with E-state index >= 15 is 0 Å². The molecule has 0 heterocycles. The van der Waals surface area contributed by atoms with Gasteiger partial charge in [-0.05, 0) is 19.3 Å². The second-order valence-electron chi connectivity index (χ2n) is 4.68. The summed E-state index contributed by atoms with van der Waals surface area (Å²) >= 11 is 0. The van der Waals surface area contributed by atoms with Crippen LogP contribution < -0.4 is 10.6 Å². The molecule has 19 heavy (non-hydrogen) atoms. The molecule has 0 atom stereocenters. The minimum Gasteiger partial charge on any atom is -0.481 e. The Morgan fingerprint density at radius 3 is 2.32 bits per heavy atom. The lowest BCUT2D eigenvalue weighted by molar-refractivity contribution is -0.137. The second-order valence-corrected chi connectivity index (χ2v) is 4.68. The van der Waals surface area contributed by atoms with Crippen LogP contribution in [-0.2, 0) is 9.59 Å². The van der Waals surface area contributed by atoms with Gasteiger partial charge in [0.05, 0.1) is 6.54 Å². The summed E-state index contributed by atoms with van der Waals surface area (Å²) in [7, 11) is 0. The molecule has 3 N–H and O–H groups in total. The number of carboxylic acids is 1. The van der Waals surface area contributed by atoms with Crippen molar-refractivity contribution in [1.29, 1.82) is 0 Å². The van der Waals surface area contributed by atoms with E-state index < -0.39 is 18.7 Å². The highest BCUT2D eigenvalue weighted by Crippen LogP contribution is 2.22. The molecule has 0 bridgehead atoms. The lowest BCUT2D eigenvalue weighted by Crippen LogP contribution is -2.53. The van der Waals surface area contributed by atoms with E-state index in [1.807, 2.05) is 0 Å². The SMILES string of the molecule is O=C(O)CCCC(=O)NC1CC(NCC(F)(F)F)C1. The number of alkyl halides is 3. The number of nitrogens with one attached hydrogen (secondary N) is 2. The van der Waals surface area contributed by atoms with Crippen molar-refractivity contribution in [3.8, 4) is 0 Å². The molecule has 1 amide bonds. The first-order chi connectivity index (χ1) is 8.76. The molecule has 0 aromatic rings. The molecule has 1 rings (SSSR count). The predicted molar refractivity (Wildman–Crippen MR) is 60.5 cm³/mol. The molecule has 0 aromatic heterocycles. The summed E-state index contributed by atoms with van der Waals surface area (Å²) < 4.78 is 35.7. The van der Waals surface area contributed by atoms with Crippen molar-refractivity contribution in [3.05, 3.63) is 0 Å². The highest BCUT2D eigenvalue weighted by molar-refractivity contribution is 5.77. The van der Waals surface area contributed by atoms with Gasteiger partial charge in [-0.25, -0.2) is 0 Å². The summed E-state index contributed by atoms with van der Waals surface area (Å²) in [6.45, 7) is -1.02. The number of rotatable bonds is 7. The minimum atomic E-state index is -4.22. The topological polar surface area (TPSA) is 78.4 Å². The molecule has 8 heteroatoms. The monoisotopic (exact) mass is 282 g/mol. The van der Waals surface area contributed by atoms with E-state index in [9.17, 15) is 22.8 Å². The van der Waals surface area contributed by atoms with Gasteiger partial charge >= 0.3 is 12.1 Å². The van der Waals surface area contributed by atoms with Crippen LogP contribution in [0.4, 0.5) is 13.2 Å². The Kier molecular flexibility index (Phi) is 5.59. The highest BCUT2D eigenvalue weighted by Gasteiger charge is 2.34. The number of carbonyl (C=O) groups is 2. The number of hydrogen-bond donors (Lipinski definition) is 3. The Morgan fingerprint density at radius 2 is 1.79 bits per heavy atom. The van der Waals surface area contributed by atoms with Crippen LogP contribution in [0, 0.1) is 0 Å². The summed E-state index contributed by atoms with van der Waals surface area (Å²) in [6.07, 6.45) is -2.94. The standard InChI is InChI=1S/C11H17F3N2O3/c12-11(13,14)6-15-7-4-8(5-7)16-9(17)2-1-3-10(18)19/h7-8,15H,1-6H2,(H,16,17)(H,18,19). The predicted octanol–water partition coefficient (Wildman–Crippen LogP) is 1.04. The lowest BCUT2D eigenvalue weighted by Gasteiger charge is -2.36. The van der Waals surface area contributed by atoms with Crippen LogP contribution in [-0.4, -0.2) is 41.8 Å². The summed E-state index contributed by atoms with van der Waals surface area (Å²) in [6, 6.07) is -0.325. The van der Waals surface area contributed by atoms with Gasteiger partial charge in [0.1, 0.15) is 0 Å². The third kappa shape index (κ3) is 7.00. The average molecular weight is 282 g/mol. The Hall–Kier alpha value is -1.31. The molecule has 0 saturated heterocycles. The summed E-state index contributed by atoms with van der Waals surface area (Å²) in [5.74, 6) is -1.20. The van der Waals surface area contributed by atoms with E-state index in [1.54, 1.807) is 0 Å². The van der Waals surface area contributed by atoms with Gasteiger partial charge in [0.2, 0.25) is 5.91 Å². The Labute approximate surface area is 108 Å². The molecule has 0 radical (unpaired) electrons. The van der Waals surface area contributed by atoms with Crippen molar-refractivity contribution in [2.45, 2.75) is 50.4 Å².